The van der Waals surface area contributed by atoms with Gasteiger partial charge in [0.1, 0.15) is 0 Å². The summed E-state index contributed by atoms with van der Waals surface area (Å²) in [5.41, 5.74) is 4.15. The zero-order chi connectivity index (χ0) is 29.2. The average molecular weight is 527 g/mol. The lowest BCUT2D eigenvalue weighted by Gasteiger charge is -2.26. The molecule has 0 amide bonds. The van der Waals surface area contributed by atoms with Crippen molar-refractivity contribution in [3.8, 4) is 0 Å². The van der Waals surface area contributed by atoms with Crippen LogP contribution < -0.4 is 0 Å². The zero-order valence-corrected chi connectivity index (χ0v) is 27.4. The summed E-state index contributed by atoms with van der Waals surface area (Å²) in [7, 11) is 1.94. The molecule has 2 fully saturated rings. The highest BCUT2D eigenvalue weighted by molar-refractivity contribution is 5.22. The summed E-state index contributed by atoms with van der Waals surface area (Å²) in [5, 5.41) is 4.10. The molecule has 1 aliphatic carbocycles. The molecule has 1 aromatic heterocycles. The Labute approximate surface area is 237 Å². The molecule has 4 rings (SSSR count). The highest BCUT2D eigenvalue weighted by Crippen LogP contribution is 2.38. The quantitative estimate of drug-likeness (QED) is 0.341. The van der Waals surface area contributed by atoms with Crippen LogP contribution in [0, 0.1) is 16.7 Å². The van der Waals surface area contributed by atoms with Gasteiger partial charge in [-0.05, 0) is 64.4 Å². The number of hydrogen-bond donors (Lipinski definition) is 0. The van der Waals surface area contributed by atoms with E-state index in [0.717, 1.165) is 12.5 Å². The number of hydrogen-bond acceptors (Lipinski definition) is 2. The van der Waals surface area contributed by atoms with Gasteiger partial charge in [-0.25, -0.2) is 0 Å². The number of aryl methyl sites for hydroxylation is 1. The number of aromatic nitrogens is 2. The fraction of sp³-hybridized carbons (Fsp3) is 0.743. The summed E-state index contributed by atoms with van der Waals surface area (Å²) in [6.07, 6.45) is 12.9. The predicted molar refractivity (Wildman–Crippen MR) is 167 cm³/mol. The second-order valence-corrected chi connectivity index (χ2v) is 15.5. The normalized spacial score (nSPS) is 18.5. The molecular formula is C35H62N2O. The topological polar surface area (TPSA) is 27.1 Å². The van der Waals surface area contributed by atoms with Crippen LogP contribution in [0.1, 0.15) is 133 Å². The molecule has 1 saturated heterocycles. The van der Waals surface area contributed by atoms with Crippen molar-refractivity contribution in [2.24, 2.45) is 23.8 Å². The van der Waals surface area contributed by atoms with Crippen LogP contribution in [-0.4, -0.2) is 22.5 Å². The van der Waals surface area contributed by atoms with Crippen LogP contribution in [-0.2, 0) is 22.6 Å². The van der Waals surface area contributed by atoms with E-state index < -0.39 is 0 Å². The van der Waals surface area contributed by atoms with Gasteiger partial charge in [-0.2, -0.15) is 5.10 Å². The summed E-state index contributed by atoms with van der Waals surface area (Å²) in [5.74, 6) is 1.01. The van der Waals surface area contributed by atoms with Crippen molar-refractivity contribution in [3.05, 3.63) is 53.9 Å². The Balaban J connectivity index is 0.000000254. The molecule has 1 atom stereocenters. The third-order valence-electron chi connectivity index (χ3n) is 7.69. The van der Waals surface area contributed by atoms with E-state index in [1.807, 2.05) is 17.9 Å². The van der Waals surface area contributed by atoms with Crippen LogP contribution in [0.3, 0.4) is 0 Å². The van der Waals surface area contributed by atoms with Crippen LogP contribution in [0.15, 0.2) is 42.7 Å². The maximum absolute atomic E-state index is 5.52. The maximum Gasteiger partial charge on any atom is 0.0624 e. The van der Waals surface area contributed by atoms with Crippen LogP contribution in [0.25, 0.3) is 0 Å². The third-order valence-corrected chi connectivity index (χ3v) is 7.69. The molecule has 1 aliphatic heterocycles. The smallest absolute Gasteiger partial charge is 0.0624 e. The molecule has 0 radical (unpaired) electrons. The van der Waals surface area contributed by atoms with Crippen molar-refractivity contribution in [1.29, 1.82) is 0 Å². The lowest BCUT2D eigenvalue weighted by Crippen LogP contribution is -2.24. The first-order valence-corrected chi connectivity index (χ1v) is 15.0. The van der Waals surface area contributed by atoms with Gasteiger partial charge in [0.25, 0.3) is 0 Å². The van der Waals surface area contributed by atoms with Gasteiger partial charge in [-0.3, -0.25) is 4.68 Å². The van der Waals surface area contributed by atoms with Crippen LogP contribution in [0.5, 0.6) is 0 Å². The van der Waals surface area contributed by atoms with E-state index in [1.165, 1.54) is 49.7 Å². The van der Waals surface area contributed by atoms with Crippen molar-refractivity contribution >= 4 is 0 Å². The van der Waals surface area contributed by atoms with E-state index in [0.29, 0.717) is 22.3 Å². The van der Waals surface area contributed by atoms with Gasteiger partial charge >= 0.3 is 0 Å². The van der Waals surface area contributed by atoms with Gasteiger partial charge in [0.05, 0.1) is 12.3 Å². The minimum absolute atomic E-state index is 0.230. The molecular weight excluding hydrogens is 464 g/mol. The molecule has 218 valence electrons. The first kappa shape index (κ1) is 34.4. The molecule has 2 heterocycles. The van der Waals surface area contributed by atoms with Gasteiger partial charge < -0.3 is 4.74 Å². The van der Waals surface area contributed by atoms with Crippen LogP contribution in [0.4, 0.5) is 0 Å². The van der Waals surface area contributed by atoms with Gasteiger partial charge in [-0.15, -0.1) is 0 Å². The Morgan fingerprint density at radius 3 is 1.45 bits per heavy atom. The fourth-order valence-electron chi connectivity index (χ4n) is 4.80. The molecule has 3 nitrogen and oxygen atoms in total. The highest BCUT2D eigenvalue weighted by Gasteiger charge is 2.28. The van der Waals surface area contributed by atoms with Gasteiger partial charge in [0, 0.05) is 19.9 Å². The largest absolute Gasteiger partial charge is 0.378 e. The standard InChI is InChI=1S/C10H14.C9H18.C8H14N2.C8H16O/c1-10(2,3)9-7-5-4-6-8-9;1-9(2,3)8-6-4-5-7-8;1-8(2,3)7-5-9-10(4)6-7;1-8(2,3)7-5-4-6-9-7/h4-8H,1-3H3;8H,4-7H2,1-3H3;5-6H,1-4H3;7H,4-6H2,1-3H3. The van der Waals surface area contributed by atoms with Gasteiger partial charge in [0.2, 0.25) is 0 Å². The summed E-state index contributed by atoms with van der Waals surface area (Å²) in [6, 6.07) is 10.6. The molecule has 38 heavy (non-hydrogen) atoms. The van der Waals surface area contributed by atoms with Crippen LogP contribution >= 0.6 is 0 Å². The maximum atomic E-state index is 5.52. The summed E-state index contributed by atoms with van der Waals surface area (Å²) < 4.78 is 7.35. The Bertz CT molecular complexity index is 847. The van der Waals surface area contributed by atoms with E-state index in [-0.39, 0.29) is 5.41 Å². The molecule has 2 aromatic rings. The lowest BCUT2D eigenvalue weighted by atomic mass is 9.80. The number of ether oxygens (including phenoxy) is 1. The fourth-order valence-corrected chi connectivity index (χ4v) is 4.80. The lowest BCUT2D eigenvalue weighted by molar-refractivity contribution is 0.0290. The van der Waals surface area contributed by atoms with Crippen molar-refractivity contribution in [1.82, 2.24) is 9.78 Å². The Morgan fingerprint density at radius 1 is 0.684 bits per heavy atom. The van der Waals surface area contributed by atoms with Gasteiger partial charge in [0.15, 0.2) is 0 Å². The second kappa shape index (κ2) is 14.7. The third kappa shape index (κ3) is 13.5. The summed E-state index contributed by atoms with van der Waals surface area (Å²) in [4.78, 5) is 0. The SMILES string of the molecule is CC(C)(C)C1CCCC1.CC(C)(C)C1CCCO1.CC(C)(C)c1ccccc1.Cn1cc(C(C)(C)C)cn1. The molecule has 2 aliphatic rings. The average Bonchev–Trinajstić information content (AvgIpc) is 3.56. The Morgan fingerprint density at radius 2 is 1.21 bits per heavy atom. The molecule has 0 N–H and O–H groups in total. The van der Waals surface area contributed by atoms with Crippen molar-refractivity contribution in [2.75, 3.05) is 6.61 Å². The van der Waals surface area contributed by atoms with E-state index in [1.54, 1.807) is 0 Å². The van der Waals surface area contributed by atoms with Crippen LogP contribution in [0.2, 0.25) is 0 Å². The number of rotatable bonds is 0. The molecule has 0 bridgehead atoms. The minimum atomic E-state index is 0.230. The second-order valence-electron chi connectivity index (χ2n) is 15.5. The Kier molecular flexibility index (Phi) is 13.3. The van der Waals surface area contributed by atoms with Gasteiger partial charge in [-0.1, -0.05) is 126 Å². The summed E-state index contributed by atoms with van der Waals surface area (Å²) >= 11 is 0. The van der Waals surface area contributed by atoms with Crippen molar-refractivity contribution < 1.29 is 4.74 Å². The van der Waals surface area contributed by atoms with Crippen molar-refractivity contribution in [3.63, 3.8) is 0 Å². The Hall–Kier alpha value is -1.61. The summed E-state index contributed by atoms with van der Waals surface area (Å²) in [6.45, 7) is 28.0. The zero-order valence-electron chi connectivity index (χ0n) is 27.4. The predicted octanol–water partition coefficient (Wildman–Crippen LogP) is 10.1. The van der Waals surface area contributed by atoms with E-state index in [9.17, 15) is 0 Å². The first-order chi connectivity index (χ1) is 17.3. The highest BCUT2D eigenvalue weighted by atomic mass is 16.5. The van der Waals surface area contributed by atoms with E-state index in [4.69, 9.17) is 4.74 Å². The number of benzene rings is 1. The van der Waals surface area contributed by atoms with E-state index >= 15 is 0 Å². The van der Waals surface area contributed by atoms with Crippen molar-refractivity contribution in [2.45, 2.75) is 139 Å². The molecule has 1 saturated carbocycles. The molecule has 1 aromatic carbocycles. The first-order valence-electron chi connectivity index (χ1n) is 15.0. The van der Waals surface area contributed by atoms with E-state index in [2.05, 4.69) is 125 Å². The minimum Gasteiger partial charge on any atom is -0.378 e. The monoisotopic (exact) mass is 526 g/mol. The molecule has 1 unspecified atom stereocenters. The molecule has 0 spiro atoms. The molecule has 3 heteroatoms. The number of nitrogens with zero attached hydrogens (tertiary/aromatic N) is 2.